The van der Waals surface area contributed by atoms with Crippen molar-refractivity contribution in [1.29, 1.82) is 0 Å². The van der Waals surface area contributed by atoms with Crippen LogP contribution >= 0.6 is 0 Å². The maximum atomic E-state index is 10.8. The van der Waals surface area contributed by atoms with E-state index in [0.717, 1.165) is 4.90 Å². The van der Waals surface area contributed by atoms with Crippen LogP contribution < -0.4 is 5.32 Å². The summed E-state index contributed by atoms with van der Waals surface area (Å²) >= 11 is 0. The number of carbonyl (C=O) groups excluding carboxylic acids is 2. The van der Waals surface area contributed by atoms with Crippen molar-refractivity contribution in [2.45, 2.75) is 19.6 Å². The molecule has 1 aliphatic rings. The van der Waals surface area contributed by atoms with E-state index in [1.807, 2.05) is 0 Å². The van der Waals surface area contributed by atoms with Gasteiger partial charge in [0.15, 0.2) is 0 Å². The lowest BCUT2D eigenvalue weighted by molar-refractivity contribution is -0.119. The predicted molar refractivity (Wildman–Crippen MR) is 36.5 cm³/mol. The molecule has 0 aromatic rings. The zero-order valence-electron chi connectivity index (χ0n) is 6.20. The van der Waals surface area contributed by atoms with E-state index < -0.39 is 12.3 Å². The highest BCUT2D eigenvalue weighted by Gasteiger charge is 2.30. The van der Waals surface area contributed by atoms with Crippen LogP contribution in [0.25, 0.3) is 0 Å². The van der Waals surface area contributed by atoms with Crippen molar-refractivity contribution in [2.24, 2.45) is 0 Å². The van der Waals surface area contributed by atoms with Crippen LogP contribution in [-0.4, -0.2) is 34.7 Å². The molecular formula is C6H10N2O3. The van der Waals surface area contributed by atoms with Crippen LogP contribution in [0.2, 0.25) is 0 Å². The highest BCUT2D eigenvalue weighted by atomic mass is 16.3. The van der Waals surface area contributed by atoms with Crippen molar-refractivity contribution in [3.63, 3.8) is 0 Å². The quantitative estimate of drug-likeness (QED) is 0.520. The zero-order valence-corrected chi connectivity index (χ0v) is 6.20. The van der Waals surface area contributed by atoms with Gasteiger partial charge in [0.2, 0.25) is 5.91 Å². The fourth-order valence-corrected chi connectivity index (χ4v) is 0.918. The van der Waals surface area contributed by atoms with Gasteiger partial charge in [0.25, 0.3) is 0 Å². The van der Waals surface area contributed by atoms with Gasteiger partial charge in [0.05, 0.1) is 0 Å². The average molecular weight is 158 g/mol. The van der Waals surface area contributed by atoms with Crippen LogP contribution in [0.1, 0.15) is 13.3 Å². The molecule has 1 unspecified atom stereocenters. The summed E-state index contributed by atoms with van der Waals surface area (Å²) in [6.07, 6.45) is -0.415. The molecule has 3 amide bonds. The maximum Gasteiger partial charge on any atom is 0.326 e. The number of aliphatic hydroxyl groups is 1. The number of hydrogen-bond acceptors (Lipinski definition) is 3. The summed E-state index contributed by atoms with van der Waals surface area (Å²) in [5.74, 6) is -0.359. The van der Waals surface area contributed by atoms with Crippen LogP contribution in [0.3, 0.4) is 0 Å². The Bertz CT molecular complexity index is 192. The Morgan fingerprint density at radius 1 is 1.73 bits per heavy atom. The monoisotopic (exact) mass is 158 g/mol. The fourth-order valence-electron chi connectivity index (χ4n) is 0.918. The smallest absolute Gasteiger partial charge is 0.326 e. The first-order chi connectivity index (χ1) is 5.15. The summed E-state index contributed by atoms with van der Waals surface area (Å²) in [7, 11) is 0. The molecule has 1 saturated heterocycles. The maximum absolute atomic E-state index is 10.8. The predicted octanol–water partition coefficient (Wildman–Crippen LogP) is -0.733. The summed E-state index contributed by atoms with van der Waals surface area (Å²) in [5.41, 5.74) is 0. The number of nitrogens with zero attached hydrogens (tertiary/aromatic N) is 1. The molecule has 0 aliphatic carbocycles. The van der Waals surface area contributed by atoms with Crippen molar-refractivity contribution < 1.29 is 14.7 Å². The van der Waals surface area contributed by atoms with Gasteiger partial charge in [-0.15, -0.1) is 0 Å². The molecule has 0 saturated carbocycles. The second kappa shape index (κ2) is 2.87. The summed E-state index contributed by atoms with van der Waals surface area (Å²) in [4.78, 5) is 22.5. The number of rotatable bonds is 2. The highest BCUT2D eigenvalue weighted by molar-refractivity contribution is 6.01. The van der Waals surface area contributed by atoms with Crippen molar-refractivity contribution in [3.05, 3.63) is 0 Å². The first kappa shape index (κ1) is 8.00. The van der Waals surface area contributed by atoms with Gasteiger partial charge >= 0.3 is 6.03 Å². The van der Waals surface area contributed by atoms with E-state index in [-0.39, 0.29) is 12.5 Å². The molecule has 0 aromatic carbocycles. The van der Waals surface area contributed by atoms with Crippen molar-refractivity contribution in [3.8, 4) is 0 Å². The molecule has 1 fully saturated rings. The first-order valence-corrected chi connectivity index (χ1v) is 3.43. The van der Waals surface area contributed by atoms with E-state index in [0.29, 0.717) is 6.42 Å². The molecular weight excluding hydrogens is 148 g/mol. The Morgan fingerprint density at radius 3 is 2.73 bits per heavy atom. The van der Waals surface area contributed by atoms with Gasteiger partial charge in [0, 0.05) is 0 Å². The number of amides is 3. The highest BCUT2D eigenvalue weighted by Crippen LogP contribution is 2.04. The third-order valence-electron chi connectivity index (χ3n) is 1.55. The van der Waals surface area contributed by atoms with Gasteiger partial charge in [-0.3, -0.25) is 15.0 Å². The van der Waals surface area contributed by atoms with Crippen LogP contribution in [0, 0.1) is 0 Å². The Kier molecular flexibility index (Phi) is 2.09. The van der Waals surface area contributed by atoms with Crippen molar-refractivity contribution >= 4 is 11.9 Å². The topological polar surface area (TPSA) is 69.6 Å². The molecule has 5 heteroatoms. The Balaban J connectivity index is 2.59. The SMILES string of the molecule is CCC(O)N1CC(=O)NC1=O. The number of hydrogen-bond donors (Lipinski definition) is 2. The largest absolute Gasteiger partial charge is 0.373 e. The molecule has 1 heterocycles. The number of nitrogens with one attached hydrogen (secondary N) is 1. The standard InChI is InChI=1S/C6H10N2O3/c1-2-5(10)8-3-4(9)7-6(8)11/h5,10H,2-3H2,1H3,(H,7,9,11). The number of imide groups is 1. The lowest BCUT2D eigenvalue weighted by Gasteiger charge is -2.18. The summed E-state index contributed by atoms with van der Waals surface area (Å²) in [5, 5.41) is 11.2. The molecule has 0 spiro atoms. The van der Waals surface area contributed by atoms with Gasteiger partial charge in [-0.05, 0) is 6.42 Å². The van der Waals surface area contributed by atoms with Crippen LogP contribution in [-0.2, 0) is 4.79 Å². The van der Waals surface area contributed by atoms with Gasteiger partial charge < -0.3 is 5.11 Å². The average Bonchev–Trinajstić information content (AvgIpc) is 2.28. The number of carbonyl (C=O) groups is 2. The molecule has 0 bridgehead atoms. The summed E-state index contributed by atoms with van der Waals surface area (Å²) < 4.78 is 0. The van der Waals surface area contributed by atoms with E-state index in [2.05, 4.69) is 5.32 Å². The zero-order chi connectivity index (χ0) is 8.43. The van der Waals surface area contributed by atoms with Gasteiger partial charge in [0.1, 0.15) is 12.8 Å². The molecule has 0 aromatic heterocycles. The van der Waals surface area contributed by atoms with Crippen LogP contribution in [0.4, 0.5) is 4.79 Å². The fraction of sp³-hybridized carbons (Fsp3) is 0.667. The van der Waals surface area contributed by atoms with Crippen LogP contribution in [0.15, 0.2) is 0 Å². The minimum Gasteiger partial charge on any atom is -0.373 e. The summed E-state index contributed by atoms with van der Waals surface area (Å²) in [6, 6.07) is -0.510. The minimum absolute atomic E-state index is 0.0339. The molecule has 1 rings (SSSR count). The molecule has 1 atom stereocenters. The van der Waals surface area contributed by atoms with Crippen molar-refractivity contribution in [1.82, 2.24) is 10.2 Å². The Morgan fingerprint density at radius 2 is 2.36 bits per heavy atom. The van der Waals surface area contributed by atoms with E-state index >= 15 is 0 Å². The van der Waals surface area contributed by atoms with Gasteiger partial charge in [-0.25, -0.2) is 4.79 Å². The second-order valence-corrected chi connectivity index (χ2v) is 2.37. The molecule has 2 N–H and O–H groups in total. The van der Waals surface area contributed by atoms with E-state index in [4.69, 9.17) is 5.11 Å². The molecule has 11 heavy (non-hydrogen) atoms. The number of aliphatic hydroxyl groups excluding tert-OH is 1. The van der Waals surface area contributed by atoms with Gasteiger partial charge in [-0.2, -0.15) is 0 Å². The lowest BCUT2D eigenvalue weighted by Crippen LogP contribution is -2.37. The second-order valence-electron chi connectivity index (χ2n) is 2.37. The third-order valence-corrected chi connectivity index (χ3v) is 1.55. The number of urea groups is 1. The van der Waals surface area contributed by atoms with E-state index in [9.17, 15) is 9.59 Å². The molecule has 1 aliphatic heterocycles. The van der Waals surface area contributed by atoms with E-state index in [1.165, 1.54) is 0 Å². The third kappa shape index (κ3) is 1.48. The minimum atomic E-state index is -0.846. The molecule has 0 radical (unpaired) electrons. The first-order valence-electron chi connectivity index (χ1n) is 3.43. The van der Waals surface area contributed by atoms with Crippen molar-refractivity contribution in [2.75, 3.05) is 6.54 Å². The van der Waals surface area contributed by atoms with Crippen LogP contribution in [0.5, 0.6) is 0 Å². The normalized spacial score (nSPS) is 20.4. The molecule has 5 nitrogen and oxygen atoms in total. The molecule has 62 valence electrons. The Hall–Kier alpha value is -1.10. The lowest BCUT2D eigenvalue weighted by atomic mass is 10.4. The Labute approximate surface area is 64.0 Å². The summed E-state index contributed by atoms with van der Waals surface area (Å²) in [6.45, 7) is 1.70. The van der Waals surface area contributed by atoms with Gasteiger partial charge in [-0.1, -0.05) is 6.92 Å². The van der Waals surface area contributed by atoms with E-state index in [1.54, 1.807) is 6.92 Å².